The van der Waals surface area contributed by atoms with Crippen LogP contribution in [0.3, 0.4) is 0 Å². The molecule has 0 unspecified atom stereocenters. The molecule has 0 atom stereocenters. The molecular weight excluding hydrogens is 148 g/mol. The maximum Gasteiger partial charge on any atom is 0.101 e. The minimum Gasteiger partial charge on any atom is -0.256 e. The van der Waals surface area contributed by atoms with Crippen LogP contribution in [0.25, 0.3) is 5.57 Å². The van der Waals surface area contributed by atoms with Gasteiger partial charge in [0.15, 0.2) is 0 Å². The van der Waals surface area contributed by atoms with E-state index in [1.807, 2.05) is 31.2 Å². The van der Waals surface area contributed by atoms with Gasteiger partial charge in [-0.1, -0.05) is 19.1 Å². The highest BCUT2D eigenvalue weighted by Crippen LogP contribution is 2.09. The molecule has 0 bridgehead atoms. The molecule has 0 fully saturated rings. The van der Waals surface area contributed by atoms with Gasteiger partial charge < -0.3 is 0 Å². The number of rotatable bonds is 2. The third-order valence-electron chi connectivity index (χ3n) is 1.47. The summed E-state index contributed by atoms with van der Waals surface area (Å²) in [5.41, 5.74) is 1.40. The summed E-state index contributed by atoms with van der Waals surface area (Å²) in [7, 11) is 0. The number of hydrogen-bond acceptors (Lipinski definition) is 2. The number of hydrogen-bond donors (Lipinski definition) is 0. The fraction of sp³-hybridized carbons (Fsp3) is 0.200. The van der Waals surface area contributed by atoms with Crippen molar-refractivity contribution in [3.8, 4) is 6.07 Å². The van der Waals surface area contributed by atoms with Gasteiger partial charge in [0, 0.05) is 6.20 Å². The van der Waals surface area contributed by atoms with Gasteiger partial charge in [0.25, 0.3) is 0 Å². The van der Waals surface area contributed by atoms with Gasteiger partial charge in [-0.05, 0) is 18.6 Å². The minimum atomic E-state index is 0.651. The summed E-state index contributed by atoms with van der Waals surface area (Å²) < 4.78 is 0. The molecule has 1 aromatic heterocycles. The summed E-state index contributed by atoms with van der Waals surface area (Å²) in [6.45, 7) is 2.00. The average Bonchev–Trinajstić information content (AvgIpc) is 2.15. The van der Waals surface area contributed by atoms with Crippen LogP contribution in [-0.2, 0) is 0 Å². The van der Waals surface area contributed by atoms with E-state index in [1.165, 1.54) is 0 Å². The summed E-state index contributed by atoms with van der Waals surface area (Å²) in [6, 6.07) is 7.67. The molecule has 2 heteroatoms. The van der Waals surface area contributed by atoms with E-state index in [0.717, 1.165) is 12.1 Å². The topological polar surface area (TPSA) is 36.7 Å². The van der Waals surface area contributed by atoms with Crippen LogP contribution in [0.5, 0.6) is 0 Å². The summed E-state index contributed by atoms with van der Waals surface area (Å²) in [4.78, 5) is 4.08. The van der Waals surface area contributed by atoms with Crippen molar-refractivity contribution in [2.24, 2.45) is 0 Å². The Kier molecular flexibility index (Phi) is 3.04. The van der Waals surface area contributed by atoms with Gasteiger partial charge in [0.05, 0.1) is 11.3 Å². The predicted octanol–water partition coefficient (Wildman–Crippen LogP) is 2.40. The lowest BCUT2D eigenvalue weighted by atomic mass is 10.1. The monoisotopic (exact) mass is 158 g/mol. The third kappa shape index (κ3) is 1.93. The maximum atomic E-state index is 8.75. The van der Waals surface area contributed by atoms with Gasteiger partial charge in [0.2, 0.25) is 0 Å². The van der Waals surface area contributed by atoms with E-state index in [1.54, 1.807) is 6.20 Å². The first-order valence-corrected chi connectivity index (χ1v) is 3.90. The van der Waals surface area contributed by atoms with Crippen molar-refractivity contribution >= 4 is 5.57 Å². The van der Waals surface area contributed by atoms with Crippen LogP contribution in [0, 0.1) is 11.3 Å². The molecule has 1 heterocycles. The molecule has 0 radical (unpaired) electrons. The minimum absolute atomic E-state index is 0.651. The second kappa shape index (κ2) is 4.30. The number of allylic oxidation sites excluding steroid dienone is 2. The van der Waals surface area contributed by atoms with Crippen LogP contribution < -0.4 is 0 Å². The number of aromatic nitrogens is 1. The highest BCUT2D eigenvalue weighted by molar-refractivity contribution is 5.74. The number of nitrogens with zero attached hydrogens (tertiary/aromatic N) is 2. The Labute approximate surface area is 72.2 Å². The summed E-state index contributed by atoms with van der Waals surface area (Å²) in [5.74, 6) is 0. The lowest BCUT2D eigenvalue weighted by molar-refractivity contribution is 1.21. The molecular formula is C10H10N2. The van der Waals surface area contributed by atoms with Crippen molar-refractivity contribution in [2.75, 3.05) is 0 Å². The van der Waals surface area contributed by atoms with E-state index in [9.17, 15) is 0 Å². The van der Waals surface area contributed by atoms with Crippen molar-refractivity contribution in [1.29, 1.82) is 5.26 Å². The molecule has 0 amide bonds. The van der Waals surface area contributed by atoms with Crippen LogP contribution in [-0.4, -0.2) is 4.98 Å². The molecule has 0 saturated heterocycles. The van der Waals surface area contributed by atoms with Crippen molar-refractivity contribution < 1.29 is 0 Å². The first-order valence-electron chi connectivity index (χ1n) is 3.90. The van der Waals surface area contributed by atoms with Gasteiger partial charge >= 0.3 is 0 Å². The first-order chi connectivity index (χ1) is 5.88. The maximum absolute atomic E-state index is 8.75. The fourth-order valence-electron chi connectivity index (χ4n) is 0.934. The summed E-state index contributed by atoms with van der Waals surface area (Å²) in [5, 5.41) is 8.75. The van der Waals surface area contributed by atoms with E-state index >= 15 is 0 Å². The Morgan fingerprint density at radius 3 is 3.00 bits per heavy atom. The second-order valence-corrected chi connectivity index (χ2v) is 2.35. The zero-order chi connectivity index (χ0) is 8.81. The second-order valence-electron chi connectivity index (χ2n) is 2.35. The molecule has 0 aliphatic carbocycles. The molecule has 60 valence electrons. The van der Waals surface area contributed by atoms with Gasteiger partial charge in [-0.2, -0.15) is 5.26 Å². The molecule has 0 aliphatic heterocycles. The molecule has 1 rings (SSSR count). The molecule has 12 heavy (non-hydrogen) atoms. The predicted molar refractivity (Wildman–Crippen MR) is 48.1 cm³/mol. The third-order valence-corrected chi connectivity index (χ3v) is 1.47. The zero-order valence-electron chi connectivity index (χ0n) is 6.99. The summed E-state index contributed by atoms with van der Waals surface area (Å²) >= 11 is 0. The molecule has 1 aromatic rings. The van der Waals surface area contributed by atoms with E-state index < -0.39 is 0 Å². The first kappa shape index (κ1) is 8.48. The zero-order valence-corrected chi connectivity index (χ0v) is 6.99. The van der Waals surface area contributed by atoms with Crippen LogP contribution in [0.2, 0.25) is 0 Å². The van der Waals surface area contributed by atoms with Crippen LogP contribution in [0.15, 0.2) is 30.5 Å². The Hall–Kier alpha value is -1.62. The Bertz CT molecular complexity index is 306. The largest absolute Gasteiger partial charge is 0.256 e. The Morgan fingerprint density at radius 2 is 2.50 bits per heavy atom. The van der Waals surface area contributed by atoms with E-state index in [2.05, 4.69) is 11.1 Å². The van der Waals surface area contributed by atoms with Crippen LogP contribution in [0.1, 0.15) is 19.0 Å². The van der Waals surface area contributed by atoms with Crippen molar-refractivity contribution in [3.05, 3.63) is 36.2 Å². The standard InChI is InChI=1S/C10H10N2/c1-2-5-9(8-11)10-6-3-4-7-12-10/h3-7H,2H2,1H3/b9-5+. The molecule has 0 spiro atoms. The average molecular weight is 158 g/mol. The molecule has 0 aromatic carbocycles. The SMILES string of the molecule is CC/C=C(\C#N)c1ccccn1. The van der Waals surface area contributed by atoms with Crippen LogP contribution in [0.4, 0.5) is 0 Å². The van der Waals surface area contributed by atoms with Gasteiger partial charge in [-0.3, -0.25) is 4.98 Å². The Balaban J connectivity index is 2.98. The molecule has 0 N–H and O–H groups in total. The molecule has 0 aliphatic rings. The number of nitriles is 1. The highest BCUT2D eigenvalue weighted by atomic mass is 14.7. The van der Waals surface area contributed by atoms with Gasteiger partial charge in [0.1, 0.15) is 6.07 Å². The van der Waals surface area contributed by atoms with Crippen LogP contribution >= 0.6 is 0 Å². The lowest BCUT2D eigenvalue weighted by Crippen LogP contribution is -1.84. The van der Waals surface area contributed by atoms with E-state index in [4.69, 9.17) is 5.26 Å². The van der Waals surface area contributed by atoms with Gasteiger partial charge in [-0.25, -0.2) is 0 Å². The highest BCUT2D eigenvalue weighted by Gasteiger charge is 1.97. The van der Waals surface area contributed by atoms with Gasteiger partial charge in [-0.15, -0.1) is 0 Å². The van der Waals surface area contributed by atoms with Crippen molar-refractivity contribution in [1.82, 2.24) is 4.98 Å². The lowest BCUT2D eigenvalue weighted by Gasteiger charge is -1.94. The van der Waals surface area contributed by atoms with E-state index in [-0.39, 0.29) is 0 Å². The molecule has 2 nitrogen and oxygen atoms in total. The fourth-order valence-corrected chi connectivity index (χ4v) is 0.934. The smallest absolute Gasteiger partial charge is 0.101 e. The van der Waals surface area contributed by atoms with Crippen molar-refractivity contribution in [2.45, 2.75) is 13.3 Å². The van der Waals surface area contributed by atoms with E-state index in [0.29, 0.717) is 5.57 Å². The normalized spacial score (nSPS) is 10.8. The Morgan fingerprint density at radius 1 is 1.67 bits per heavy atom. The quantitative estimate of drug-likeness (QED) is 0.619. The summed E-state index contributed by atoms with van der Waals surface area (Å²) in [6.07, 6.45) is 4.43. The van der Waals surface area contributed by atoms with Crippen molar-refractivity contribution in [3.63, 3.8) is 0 Å². The molecule has 0 saturated carbocycles. The number of pyridine rings is 1.